The minimum atomic E-state index is -0.185. The van der Waals surface area contributed by atoms with Crippen LogP contribution in [0.15, 0.2) is 29.4 Å². The number of carbonyl (C=O) groups excluding carboxylic acids is 1. The molecule has 0 atom stereocenters. The lowest BCUT2D eigenvalue weighted by molar-refractivity contribution is -0.113. The van der Waals surface area contributed by atoms with E-state index < -0.39 is 0 Å². The van der Waals surface area contributed by atoms with E-state index in [1.165, 1.54) is 0 Å². The lowest BCUT2D eigenvalue weighted by atomic mass is 10.3. The number of thioether (sulfide) groups is 1. The molecule has 5 N–H and O–H groups in total. The van der Waals surface area contributed by atoms with Crippen LogP contribution >= 0.6 is 11.8 Å². The van der Waals surface area contributed by atoms with Gasteiger partial charge < -0.3 is 21.6 Å². The fourth-order valence-electron chi connectivity index (χ4n) is 1.07. The molecular weight excluding hydrogens is 240 g/mol. The number of ether oxygens (including phenoxy) is 1. The van der Waals surface area contributed by atoms with E-state index in [1.54, 1.807) is 31.4 Å². The zero-order valence-electron chi connectivity index (χ0n) is 9.34. The van der Waals surface area contributed by atoms with Crippen molar-refractivity contribution in [2.45, 2.75) is 0 Å². The summed E-state index contributed by atoms with van der Waals surface area (Å²) in [5.41, 5.74) is 6.01. The zero-order valence-corrected chi connectivity index (χ0v) is 10.2. The molecule has 0 bridgehead atoms. The minimum Gasteiger partial charge on any atom is -0.497 e. The SMILES string of the molecule is COc1cccc(NC(=O)CSC(N)=NN)c1. The number of methoxy groups -OCH3 is 1. The van der Waals surface area contributed by atoms with E-state index in [4.69, 9.17) is 16.3 Å². The third-order valence-electron chi connectivity index (χ3n) is 1.83. The van der Waals surface area contributed by atoms with Crippen molar-refractivity contribution in [3.05, 3.63) is 24.3 Å². The molecule has 1 amide bonds. The molecular formula is C10H14N4O2S. The molecule has 92 valence electrons. The Morgan fingerprint density at radius 1 is 1.59 bits per heavy atom. The third-order valence-corrected chi connectivity index (χ3v) is 2.64. The number of nitrogens with two attached hydrogens (primary N) is 2. The smallest absolute Gasteiger partial charge is 0.234 e. The highest BCUT2D eigenvalue weighted by Crippen LogP contribution is 2.16. The number of rotatable bonds is 4. The van der Waals surface area contributed by atoms with E-state index >= 15 is 0 Å². The van der Waals surface area contributed by atoms with Crippen molar-refractivity contribution < 1.29 is 9.53 Å². The number of hydrazone groups is 1. The van der Waals surface area contributed by atoms with Gasteiger partial charge in [-0.15, -0.1) is 0 Å². The summed E-state index contributed by atoms with van der Waals surface area (Å²) < 4.78 is 5.04. The summed E-state index contributed by atoms with van der Waals surface area (Å²) in [6.07, 6.45) is 0. The van der Waals surface area contributed by atoms with Gasteiger partial charge >= 0.3 is 0 Å². The van der Waals surface area contributed by atoms with Crippen LogP contribution in [0.4, 0.5) is 5.69 Å². The number of hydrogen-bond acceptors (Lipinski definition) is 5. The van der Waals surface area contributed by atoms with Crippen molar-refractivity contribution in [1.29, 1.82) is 0 Å². The molecule has 17 heavy (non-hydrogen) atoms. The molecule has 0 radical (unpaired) electrons. The van der Waals surface area contributed by atoms with Gasteiger partial charge in [0.15, 0.2) is 5.17 Å². The fraction of sp³-hybridized carbons (Fsp3) is 0.200. The molecule has 7 heteroatoms. The first kappa shape index (κ1) is 13.2. The van der Waals surface area contributed by atoms with Gasteiger partial charge in [0.1, 0.15) is 5.75 Å². The average Bonchev–Trinajstić information content (AvgIpc) is 2.36. The maximum absolute atomic E-state index is 11.5. The number of benzene rings is 1. The van der Waals surface area contributed by atoms with Crippen molar-refractivity contribution in [1.82, 2.24) is 0 Å². The number of amides is 1. The van der Waals surface area contributed by atoms with Gasteiger partial charge in [-0.2, -0.15) is 5.10 Å². The highest BCUT2D eigenvalue weighted by atomic mass is 32.2. The van der Waals surface area contributed by atoms with Gasteiger partial charge in [0, 0.05) is 11.8 Å². The van der Waals surface area contributed by atoms with Crippen molar-refractivity contribution in [2.24, 2.45) is 16.7 Å². The van der Waals surface area contributed by atoms with Crippen LogP contribution in [-0.4, -0.2) is 23.9 Å². The van der Waals surface area contributed by atoms with E-state index in [0.717, 1.165) is 11.8 Å². The quantitative estimate of drug-likeness (QED) is 0.315. The summed E-state index contributed by atoms with van der Waals surface area (Å²) in [7, 11) is 1.56. The van der Waals surface area contributed by atoms with Gasteiger partial charge in [0.05, 0.1) is 12.9 Å². The second-order valence-electron chi connectivity index (χ2n) is 3.04. The van der Waals surface area contributed by atoms with Gasteiger partial charge in [-0.05, 0) is 12.1 Å². The van der Waals surface area contributed by atoms with Crippen LogP contribution in [0.5, 0.6) is 5.75 Å². The van der Waals surface area contributed by atoms with Crippen LogP contribution in [-0.2, 0) is 4.79 Å². The Morgan fingerprint density at radius 2 is 2.35 bits per heavy atom. The van der Waals surface area contributed by atoms with Crippen molar-refractivity contribution in [3.8, 4) is 5.75 Å². The standard InChI is InChI=1S/C10H14N4O2S/c1-16-8-4-2-3-7(5-8)13-9(15)6-17-10(11)14-12/h2-5H,6,12H2,1H3,(H2,11,14)(H,13,15). The Morgan fingerprint density at radius 3 is 3.00 bits per heavy atom. The molecule has 0 saturated carbocycles. The Hall–Kier alpha value is -1.89. The number of carbonyl (C=O) groups is 1. The maximum Gasteiger partial charge on any atom is 0.234 e. The monoisotopic (exact) mass is 254 g/mol. The summed E-state index contributed by atoms with van der Waals surface area (Å²) in [4.78, 5) is 11.5. The van der Waals surface area contributed by atoms with Crippen LogP contribution in [0, 0.1) is 0 Å². The van der Waals surface area contributed by atoms with E-state index in [1.807, 2.05) is 0 Å². The Labute approximate surface area is 103 Å². The van der Waals surface area contributed by atoms with Gasteiger partial charge in [0.2, 0.25) is 5.91 Å². The molecule has 0 unspecified atom stereocenters. The average molecular weight is 254 g/mol. The number of hydrogen-bond donors (Lipinski definition) is 3. The molecule has 0 aliphatic carbocycles. The zero-order chi connectivity index (χ0) is 12.7. The number of nitrogens with zero attached hydrogens (tertiary/aromatic N) is 1. The highest BCUT2D eigenvalue weighted by Gasteiger charge is 2.04. The van der Waals surface area contributed by atoms with Crippen molar-refractivity contribution >= 4 is 28.5 Å². The largest absolute Gasteiger partial charge is 0.497 e. The summed E-state index contributed by atoms with van der Waals surface area (Å²) in [6, 6.07) is 7.08. The van der Waals surface area contributed by atoms with Gasteiger partial charge in [-0.3, -0.25) is 4.79 Å². The predicted octanol–water partition coefficient (Wildman–Crippen LogP) is 0.555. The molecule has 1 aromatic carbocycles. The lowest BCUT2D eigenvalue weighted by Gasteiger charge is -2.06. The summed E-state index contributed by atoms with van der Waals surface area (Å²) in [5.74, 6) is 5.59. The molecule has 0 fully saturated rings. The Bertz CT molecular complexity index is 423. The van der Waals surface area contributed by atoms with Crippen LogP contribution < -0.4 is 21.6 Å². The summed E-state index contributed by atoms with van der Waals surface area (Å²) in [6.45, 7) is 0. The molecule has 0 aliphatic rings. The second-order valence-corrected chi connectivity index (χ2v) is 4.03. The maximum atomic E-state index is 11.5. The Balaban J connectivity index is 2.50. The van der Waals surface area contributed by atoms with E-state index in [2.05, 4.69) is 10.4 Å². The summed E-state index contributed by atoms with van der Waals surface area (Å²) >= 11 is 1.07. The highest BCUT2D eigenvalue weighted by molar-refractivity contribution is 8.14. The van der Waals surface area contributed by atoms with Crippen molar-refractivity contribution in [3.63, 3.8) is 0 Å². The fourth-order valence-corrected chi connectivity index (χ4v) is 1.50. The molecule has 0 saturated heterocycles. The van der Waals surface area contributed by atoms with Gasteiger partial charge in [-0.25, -0.2) is 0 Å². The first-order chi connectivity index (χ1) is 8.15. The lowest BCUT2D eigenvalue weighted by Crippen LogP contribution is -2.18. The second kappa shape index (κ2) is 6.64. The first-order valence-electron chi connectivity index (χ1n) is 4.75. The Kier molecular flexibility index (Phi) is 5.15. The molecule has 6 nitrogen and oxygen atoms in total. The molecule has 0 spiro atoms. The first-order valence-corrected chi connectivity index (χ1v) is 5.74. The third kappa shape index (κ3) is 4.64. The minimum absolute atomic E-state index is 0.156. The van der Waals surface area contributed by atoms with E-state index in [-0.39, 0.29) is 16.8 Å². The van der Waals surface area contributed by atoms with Crippen LogP contribution in [0.1, 0.15) is 0 Å². The number of amidine groups is 1. The molecule has 0 aromatic heterocycles. The number of nitrogens with one attached hydrogen (secondary N) is 1. The van der Waals surface area contributed by atoms with Crippen LogP contribution in [0.25, 0.3) is 0 Å². The van der Waals surface area contributed by atoms with E-state index in [9.17, 15) is 4.79 Å². The molecule has 0 heterocycles. The summed E-state index contributed by atoms with van der Waals surface area (Å²) in [5, 5.41) is 6.13. The van der Waals surface area contributed by atoms with Crippen LogP contribution in [0.2, 0.25) is 0 Å². The number of anilines is 1. The van der Waals surface area contributed by atoms with E-state index in [0.29, 0.717) is 11.4 Å². The van der Waals surface area contributed by atoms with Gasteiger partial charge in [-0.1, -0.05) is 17.8 Å². The van der Waals surface area contributed by atoms with Gasteiger partial charge in [0.25, 0.3) is 0 Å². The predicted molar refractivity (Wildman–Crippen MR) is 69.9 cm³/mol. The molecule has 0 aliphatic heterocycles. The molecule has 1 aromatic rings. The normalized spacial score (nSPS) is 11.0. The van der Waals surface area contributed by atoms with Crippen LogP contribution in [0.3, 0.4) is 0 Å². The van der Waals surface area contributed by atoms with Crippen molar-refractivity contribution in [2.75, 3.05) is 18.2 Å². The topological polar surface area (TPSA) is 103 Å². The molecule has 1 rings (SSSR count).